The van der Waals surface area contributed by atoms with Crippen molar-refractivity contribution in [3.05, 3.63) is 68.6 Å². The van der Waals surface area contributed by atoms with Gasteiger partial charge in [-0.15, -0.1) is 0 Å². The SMILES string of the molecule is Cc1cccc(Nc2ncnc(Nc3ccc(Cl)c(Cl)c3)c2[N+](=O)[O-])n1. The molecule has 3 rings (SSSR count). The predicted octanol–water partition coefficient (Wildman–Crippen LogP) is 4.88. The van der Waals surface area contributed by atoms with E-state index in [0.717, 1.165) is 5.69 Å². The van der Waals surface area contributed by atoms with E-state index in [9.17, 15) is 10.1 Å². The minimum absolute atomic E-state index is 0.0125. The fourth-order valence-corrected chi connectivity index (χ4v) is 2.48. The highest BCUT2D eigenvalue weighted by Crippen LogP contribution is 2.34. The van der Waals surface area contributed by atoms with E-state index in [1.165, 1.54) is 6.33 Å². The predicted molar refractivity (Wildman–Crippen MR) is 101 cm³/mol. The number of benzene rings is 1. The lowest BCUT2D eigenvalue weighted by Gasteiger charge is -2.10. The van der Waals surface area contributed by atoms with Gasteiger partial charge in [-0.3, -0.25) is 10.1 Å². The second-order valence-corrected chi connectivity index (χ2v) is 6.03. The van der Waals surface area contributed by atoms with Crippen molar-refractivity contribution in [2.24, 2.45) is 0 Å². The van der Waals surface area contributed by atoms with Crippen LogP contribution in [0.15, 0.2) is 42.7 Å². The molecule has 0 unspecified atom stereocenters. The van der Waals surface area contributed by atoms with Gasteiger partial charge in [0.25, 0.3) is 0 Å². The molecule has 0 aliphatic heterocycles. The molecular formula is C16H12Cl2N6O2. The van der Waals surface area contributed by atoms with Gasteiger partial charge in [-0.05, 0) is 37.3 Å². The van der Waals surface area contributed by atoms with Crippen LogP contribution in [0.4, 0.5) is 28.8 Å². The Hall–Kier alpha value is -2.97. The van der Waals surface area contributed by atoms with E-state index < -0.39 is 4.92 Å². The maximum atomic E-state index is 11.6. The molecule has 132 valence electrons. The maximum Gasteiger partial charge on any atom is 0.353 e. The lowest BCUT2D eigenvalue weighted by molar-refractivity contribution is -0.383. The Kier molecular flexibility index (Phi) is 5.15. The topological polar surface area (TPSA) is 106 Å². The molecule has 0 saturated heterocycles. The summed E-state index contributed by atoms with van der Waals surface area (Å²) in [6.45, 7) is 1.82. The van der Waals surface area contributed by atoms with E-state index in [4.69, 9.17) is 23.2 Å². The molecule has 2 N–H and O–H groups in total. The second kappa shape index (κ2) is 7.51. The average Bonchev–Trinajstić information content (AvgIpc) is 2.58. The Bertz CT molecular complexity index is 983. The third-order valence-corrected chi connectivity index (χ3v) is 4.06. The molecule has 10 heteroatoms. The van der Waals surface area contributed by atoms with Crippen LogP contribution < -0.4 is 10.6 Å². The summed E-state index contributed by atoms with van der Waals surface area (Å²) >= 11 is 11.9. The number of aryl methyl sites for hydroxylation is 1. The van der Waals surface area contributed by atoms with E-state index in [2.05, 4.69) is 25.6 Å². The van der Waals surface area contributed by atoms with Gasteiger partial charge in [0.1, 0.15) is 12.1 Å². The third-order valence-electron chi connectivity index (χ3n) is 3.32. The van der Waals surface area contributed by atoms with Gasteiger partial charge in [-0.1, -0.05) is 29.3 Å². The van der Waals surface area contributed by atoms with E-state index in [1.807, 2.05) is 13.0 Å². The molecule has 0 amide bonds. The molecule has 0 saturated carbocycles. The molecule has 2 heterocycles. The summed E-state index contributed by atoms with van der Waals surface area (Å²) in [5, 5.41) is 18.0. The summed E-state index contributed by atoms with van der Waals surface area (Å²) in [6.07, 6.45) is 1.21. The van der Waals surface area contributed by atoms with Gasteiger partial charge in [-0.2, -0.15) is 0 Å². The molecule has 0 fully saturated rings. The first kappa shape index (κ1) is 17.8. The minimum Gasteiger partial charge on any atom is -0.334 e. The summed E-state index contributed by atoms with van der Waals surface area (Å²) < 4.78 is 0. The van der Waals surface area contributed by atoms with Gasteiger partial charge in [-0.25, -0.2) is 15.0 Å². The zero-order valence-electron chi connectivity index (χ0n) is 13.4. The summed E-state index contributed by atoms with van der Waals surface area (Å²) in [4.78, 5) is 23.2. The zero-order chi connectivity index (χ0) is 18.7. The molecule has 2 aromatic heterocycles. The quantitative estimate of drug-likeness (QED) is 0.472. The molecule has 0 aliphatic carbocycles. The van der Waals surface area contributed by atoms with Crippen molar-refractivity contribution in [2.45, 2.75) is 6.92 Å². The first-order valence-electron chi connectivity index (χ1n) is 7.36. The first-order chi connectivity index (χ1) is 12.4. The van der Waals surface area contributed by atoms with Crippen LogP contribution in [0, 0.1) is 17.0 Å². The molecule has 0 aliphatic rings. The average molecular weight is 391 g/mol. The number of halogens is 2. The molecule has 26 heavy (non-hydrogen) atoms. The maximum absolute atomic E-state index is 11.6. The van der Waals surface area contributed by atoms with Crippen molar-refractivity contribution in [3.8, 4) is 0 Å². The number of aromatic nitrogens is 3. The number of nitrogens with one attached hydrogen (secondary N) is 2. The fourth-order valence-electron chi connectivity index (χ4n) is 2.18. The smallest absolute Gasteiger partial charge is 0.334 e. The van der Waals surface area contributed by atoms with Crippen LogP contribution in [0.5, 0.6) is 0 Å². The second-order valence-electron chi connectivity index (χ2n) is 5.22. The third kappa shape index (κ3) is 3.98. The van der Waals surface area contributed by atoms with Gasteiger partial charge in [0.2, 0.25) is 11.6 Å². The van der Waals surface area contributed by atoms with Crippen LogP contribution in [0.3, 0.4) is 0 Å². The van der Waals surface area contributed by atoms with Crippen molar-refractivity contribution in [3.63, 3.8) is 0 Å². The van der Waals surface area contributed by atoms with Gasteiger partial charge in [0, 0.05) is 11.4 Å². The Morgan fingerprint density at radius 3 is 2.42 bits per heavy atom. The first-order valence-corrected chi connectivity index (χ1v) is 8.12. The van der Waals surface area contributed by atoms with Crippen LogP contribution in [0.1, 0.15) is 5.69 Å². The molecule has 0 bridgehead atoms. The molecule has 1 aromatic carbocycles. The molecule has 0 spiro atoms. The molecular weight excluding hydrogens is 379 g/mol. The number of nitro groups is 1. The van der Waals surface area contributed by atoms with E-state index >= 15 is 0 Å². The zero-order valence-corrected chi connectivity index (χ0v) is 14.9. The van der Waals surface area contributed by atoms with Crippen molar-refractivity contribution >= 4 is 52.0 Å². The number of hydrogen-bond acceptors (Lipinski definition) is 7. The van der Waals surface area contributed by atoms with Gasteiger partial charge < -0.3 is 10.6 Å². The normalized spacial score (nSPS) is 10.4. The van der Waals surface area contributed by atoms with Crippen molar-refractivity contribution in [1.29, 1.82) is 0 Å². The molecule has 0 radical (unpaired) electrons. The van der Waals surface area contributed by atoms with Crippen molar-refractivity contribution in [1.82, 2.24) is 15.0 Å². The Morgan fingerprint density at radius 1 is 1.04 bits per heavy atom. The Labute approximate surface area is 158 Å². The number of rotatable bonds is 5. The van der Waals surface area contributed by atoms with Crippen LogP contribution >= 0.6 is 23.2 Å². The van der Waals surface area contributed by atoms with Gasteiger partial charge in [0.15, 0.2) is 0 Å². The molecule has 8 nitrogen and oxygen atoms in total. The van der Waals surface area contributed by atoms with Gasteiger partial charge >= 0.3 is 5.69 Å². The number of pyridine rings is 1. The lowest BCUT2D eigenvalue weighted by Crippen LogP contribution is -2.06. The Morgan fingerprint density at radius 2 is 1.77 bits per heavy atom. The fraction of sp³-hybridized carbons (Fsp3) is 0.0625. The number of nitrogens with zero attached hydrogens (tertiary/aromatic N) is 4. The monoisotopic (exact) mass is 390 g/mol. The summed E-state index contributed by atoms with van der Waals surface area (Å²) in [7, 11) is 0. The van der Waals surface area contributed by atoms with E-state index in [-0.39, 0.29) is 17.3 Å². The van der Waals surface area contributed by atoms with Crippen molar-refractivity contribution < 1.29 is 4.92 Å². The largest absolute Gasteiger partial charge is 0.353 e. The van der Waals surface area contributed by atoms with Crippen LogP contribution in [0.2, 0.25) is 10.0 Å². The van der Waals surface area contributed by atoms with Crippen LogP contribution in [0.25, 0.3) is 0 Å². The van der Waals surface area contributed by atoms with E-state index in [0.29, 0.717) is 21.6 Å². The lowest BCUT2D eigenvalue weighted by atomic mass is 10.3. The minimum atomic E-state index is -0.571. The van der Waals surface area contributed by atoms with Crippen LogP contribution in [-0.2, 0) is 0 Å². The van der Waals surface area contributed by atoms with Crippen molar-refractivity contribution in [2.75, 3.05) is 10.6 Å². The number of hydrogen-bond donors (Lipinski definition) is 2. The standard InChI is InChI=1S/C16H12Cl2N6O2/c1-9-3-2-4-13(21-9)23-16-14(24(25)26)15(19-8-20-16)22-10-5-6-11(17)12(18)7-10/h2-8H,1H3,(H2,19,20,21,22,23). The summed E-state index contributed by atoms with van der Waals surface area (Å²) in [5.41, 5.74) is 0.948. The van der Waals surface area contributed by atoms with Crippen LogP contribution in [-0.4, -0.2) is 19.9 Å². The summed E-state index contributed by atoms with van der Waals surface area (Å²) in [5.74, 6) is 0.469. The highest BCUT2D eigenvalue weighted by Gasteiger charge is 2.23. The molecule has 3 aromatic rings. The summed E-state index contributed by atoms with van der Waals surface area (Å²) in [6, 6.07) is 10.0. The number of anilines is 4. The van der Waals surface area contributed by atoms with E-state index in [1.54, 1.807) is 30.3 Å². The Balaban J connectivity index is 1.98. The highest BCUT2D eigenvalue weighted by atomic mass is 35.5. The molecule has 0 atom stereocenters. The highest BCUT2D eigenvalue weighted by molar-refractivity contribution is 6.42. The van der Waals surface area contributed by atoms with Gasteiger partial charge in [0.05, 0.1) is 15.0 Å².